The maximum Gasteiger partial charge on any atom is 0.266 e. The minimum Gasteiger partial charge on any atom is -0.491 e. The Morgan fingerprint density at radius 2 is 1.71 bits per heavy atom. The van der Waals surface area contributed by atoms with E-state index in [1.54, 1.807) is 12.1 Å². The number of hydrogen-bond acceptors (Lipinski definition) is 5. The number of amides is 1. The Bertz CT molecular complexity index is 1350. The Balaban J connectivity index is 1.67. The summed E-state index contributed by atoms with van der Waals surface area (Å²) >= 11 is 0. The summed E-state index contributed by atoms with van der Waals surface area (Å²) in [6.45, 7) is 8.40. The van der Waals surface area contributed by atoms with Crippen LogP contribution in [0.3, 0.4) is 0 Å². The first-order chi connectivity index (χ1) is 16.4. The van der Waals surface area contributed by atoms with Gasteiger partial charge in [-0.1, -0.05) is 56.3 Å². The molecule has 0 radical (unpaired) electrons. The summed E-state index contributed by atoms with van der Waals surface area (Å²) in [5.41, 5.74) is 5.12. The van der Waals surface area contributed by atoms with Crippen LogP contribution in [0.2, 0.25) is 0 Å². The average molecular weight is 493 g/mol. The highest BCUT2D eigenvalue weighted by Crippen LogP contribution is 2.46. The number of benzene rings is 3. The van der Waals surface area contributed by atoms with E-state index in [1.165, 1.54) is 0 Å². The van der Waals surface area contributed by atoms with Gasteiger partial charge in [0.05, 0.1) is 29.7 Å². The lowest BCUT2D eigenvalue weighted by Gasteiger charge is -2.42. The minimum atomic E-state index is -3.67. The second-order valence-corrected chi connectivity index (χ2v) is 11.9. The number of carbonyl (C=O) groups excluding carboxylic acids is 1. The van der Waals surface area contributed by atoms with Gasteiger partial charge in [0.15, 0.2) is 0 Å². The number of sulfonamides is 1. The van der Waals surface area contributed by atoms with Crippen LogP contribution in [0.4, 0.5) is 5.69 Å². The predicted molar refractivity (Wildman–Crippen MR) is 140 cm³/mol. The summed E-state index contributed by atoms with van der Waals surface area (Å²) in [7, 11) is -3.67. The molecule has 0 fully saturated rings. The highest BCUT2D eigenvalue weighted by Gasteiger charge is 2.37. The molecule has 1 unspecified atom stereocenters. The number of rotatable bonds is 6. The standard InChI is InChI=1S/C28H32N2O4S/c1-18(2)34-23-14-12-19(13-15-23)20-8-6-9-21(16-20)26-28(3,4)17-22-10-7-11-24(25(22)29-26)27(31)30-35(5,32)33/h6-16,18,26,29H,17H2,1-5H3,(H,30,31). The van der Waals surface area contributed by atoms with Crippen molar-refractivity contribution in [3.05, 3.63) is 83.4 Å². The molecule has 0 saturated heterocycles. The van der Waals surface area contributed by atoms with Crippen LogP contribution in [0.1, 0.15) is 55.2 Å². The summed E-state index contributed by atoms with van der Waals surface area (Å²) in [5, 5.41) is 3.57. The number of fused-ring (bicyclic) bond motifs is 1. The van der Waals surface area contributed by atoms with Gasteiger partial charge in [-0.2, -0.15) is 0 Å². The molecular formula is C28H32N2O4S. The second-order valence-electron chi connectivity index (χ2n) is 10.1. The molecule has 6 nitrogen and oxygen atoms in total. The normalized spacial score (nSPS) is 16.8. The van der Waals surface area contributed by atoms with Crippen molar-refractivity contribution in [3.63, 3.8) is 0 Å². The SMILES string of the molecule is CC(C)Oc1ccc(-c2cccc(C3Nc4c(cccc4C(=O)NS(C)(=O)=O)CC3(C)C)c2)cc1. The Hall–Kier alpha value is -3.32. The zero-order chi connectivity index (χ0) is 25.4. The first kappa shape index (κ1) is 24.8. The van der Waals surface area contributed by atoms with Gasteiger partial charge in [0.1, 0.15) is 5.75 Å². The Morgan fingerprint density at radius 3 is 2.37 bits per heavy atom. The quantitative estimate of drug-likeness (QED) is 0.470. The van der Waals surface area contributed by atoms with E-state index in [9.17, 15) is 13.2 Å². The van der Waals surface area contributed by atoms with E-state index in [1.807, 2.05) is 38.1 Å². The number of ether oxygens (including phenoxy) is 1. The lowest BCUT2D eigenvalue weighted by molar-refractivity contribution is 0.0981. The Labute approximate surface area is 207 Å². The fraction of sp³-hybridized carbons (Fsp3) is 0.321. The number of para-hydroxylation sites is 1. The molecule has 0 saturated carbocycles. The van der Waals surface area contributed by atoms with E-state index >= 15 is 0 Å². The molecule has 3 aromatic rings. The number of anilines is 1. The van der Waals surface area contributed by atoms with Crippen molar-refractivity contribution >= 4 is 21.6 Å². The maximum atomic E-state index is 12.7. The third-order valence-electron chi connectivity index (χ3n) is 6.17. The van der Waals surface area contributed by atoms with Gasteiger partial charge >= 0.3 is 0 Å². The van der Waals surface area contributed by atoms with E-state index in [-0.39, 0.29) is 17.6 Å². The predicted octanol–water partition coefficient (Wildman–Crippen LogP) is 5.57. The van der Waals surface area contributed by atoms with Crippen LogP contribution in [0.5, 0.6) is 5.75 Å². The van der Waals surface area contributed by atoms with Gasteiger partial charge in [-0.05, 0) is 72.2 Å². The third-order valence-corrected chi connectivity index (χ3v) is 6.73. The van der Waals surface area contributed by atoms with Gasteiger partial charge in [-0.25, -0.2) is 13.1 Å². The summed E-state index contributed by atoms with van der Waals surface area (Å²) < 4.78 is 31.2. The molecule has 0 bridgehead atoms. The molecule has 1 heterocycles. The van der Waals surface area contributed by atoms with Gasteiger partial charge in [-0.15, -0.1) is 0 Å². The Kier molecular flexibility index (Phi) is 6.64. The molecule has 1 aliphatic heterocycles. The summed E-state index contributed by atoms with van der Waals surface area (Å²) in [6, 6.07) is 21.8. The van der Waals surface area contributed by atoms with Crippen molar-refractivity contribution in [2.45, 2.75) is 46.3 Å². The van der Waals surface area contributed by atoms with Crippen LogP contribution in [0, 0.1) is 5.41 Å². The third kappa shape index (κ3) is 5.68. The molecular weight excluding hydrogens is 460 g/mol. The highest BCUT2D eigenvalue weighted by atomic mass is 32.2. The molecule has 0 spiro atoms. The van der Waals surface area contributed by atoms with E-state index in [2.05, 4.69) is 54.2 Å². The first-order valence-corrected chi connectivity index (χ1v) is 13.6. The average Bonchev–Trinajstić information content (AvgIpc) is 2.76. The van der Waals surface area contributed by atoms with E-state index in [0.29, 0.717) is 11.3 Å². The van der Waals surface area contributed by atoms with Gasteiger partial charge in [0.2, 0.25) is 10.0 Å². The molecule has 0 aliphatic carbocycles. The zero-order valence-corrected chi connectivity index (χ0v) is 21.6. The number of nitrogens with one attached hydrogen (secondary N) is 2. The lowest BCUT2D eigenvalue weighted by Crippen LogP contribution is -2.37. The smallest absolute Gasteiger partial charge is 0.266 e. The maximum absolute atomic E-state index is 12.7. The minimum absolute atomic E-state index is 0.0781. The topological polar surface area (TPSA) is 84.5 Å². The summed E-state index contributed by atoms with van der Waals surface area (Å²) in [5.74, 6) is 0.208. The van der Waals surface area contributed by atoms with Crippen molar-refractivity contribution in [1.29, 1.82) is 0 Å². The molecule has 1 aliphatic rings. The molecule has 0 aromatic heterocycles. The zero-order valence-electron chi connectivity index (χ0n) is 20.8. The molecule has 2 N–H and O–H groups in total. The highest BCUT2D eigenvalue weighted by molar-refractivity contribution is 7.89. The molecule has 35 heavy (non-hydrogen) atoms. The van der Waals surface area contributed by atoms with Crippen molar-refractivity contribution < 1.29 is 17.9 Å². The fourth-order valence-electron chi connectivity index (χ4n) is 4.69. The van der Waals surface area contributed by atoms with E-state index in [0.717, 1.165) is 40.7 Å². The van der Waals surface area contributed by atoms with Crippen LogP contribution in [0.25, 0.3) is 11.1 Å². The molecule has 184 valence electrons. The van der Waals surface area contributed by atoms with Crippen LogP contribution in [-0.4, -0.2) is 26.7 Å². The first-order valence-electron chi connectivity index (χ1n) is 11.7. The molecule has 1 atom stereocenters. The van der Waals surface area contributed by atoms with Crippen molar-refractivity contribution in [3.8, 4) is 16.9 Å². The molecule has 4 rings (SSSR count). The second kappa shape index (κ2) is 9.38. The van der Waals surface area contributed by atoms with E-state index in [4.69, 9.17) is 4.74 Å². The largest absolute Gasteiger partial charge is 0.491 e. The summed E-state index contributed by atoms with van der Waals surface area (Å²) in [4.78, 5) is 12.7. The summed E-state index contributed by atoms with van der Waals surface area (Å²) in [6.07, 6.45) is 1.84. The monoisotopic (exact) mass is 492 g/mol. The lowest BCUT2D eigenvalue weighted by atomic mass is 9.72. The van der Waals surface area contributed by atoms with Gasteiger partial charge in [0.25, 0.3) is 5.91 Å². The van der Waals surface area contributed by atoms with Crippen LogP contribution < -0.4 is 14.8 Å². The van der Waals surface area contributed by atoms with Crippen molar-refractivity contribution in [2.24, 2.45) is 5.41 Å². The van der Waals surface area contributed by atoms with Gasteiger partial charge in [-0.3, -0.25) is 4.79 Å². The van der Waals surface area contributed by atoms with Crippen LogP contribution >= 0.6 is 0 Å². The van der Waals surface area contributed by atoms with Crippen LogP contribution in [0.15, 0.2) is 66.7 Å². The molecule has 3 aromatic carbocycles. The van der Waals surface area contributed by atoms with Crippen molar-refractivity contribution in [1.82, 2.24) is 4.72 Å². The van der Waals surface area contributed by atoms with E-state index < -0.39 is 15.9 Å². The number of carbonyl (C=O) groups is 1. The van der Waals surface area contributed by atoms with Crippen LogP contribution in [-0.2, 0) is 16.4 Å². The molecule has 1 amide bonds. The van der Waals surface area contributed by atoms with Crippen molar-refractivity contribution in [2.75, 3.05) is 11.6 Å². The van der Waals surface area contributed by atoms with Gasteiger partial charge in [0, 0.05) is 0 Å². The van der Waals surface area contributed by atoms with Gasteiger partial charge < -0.3 is 10.1 Å². The Morgan fingerprint density at radius 1 is 1.03 bits per heavy atom. The molecule has 7 heteroatoms. The number of hydrogen-bond donors (Lipinski definition) is 2. The fourth-order valence-corrected chi connectivity index (χ4v) is 5.14.